The van der Waals surface area contributed by atoms with Gasteiger partial charge in [-0.1, -0.05) is 13.8 Å². The molecule has 0 aromatic rings. The standard InChI is InChI=1S/C12H25NO3/c1-12(2,9-14)10(8-13-3)16-11-6-4-5-7-15-11/h10-11,13-14H,4-9H2,1-3H3/t10?,11-/m1/s1. The van der Waals surface area contributed by atoms with Crippen molar-refractivity contribution in [3.05, 3.63) is 0 Å². The van der Waals surface area contributed by atoms with Crippen LogP contribution in [0.1, 0.15) is 33.1 Å². The molecule has 0 spiro atoms. The van der Waals surface area contributed by atoms with Crippen LogP contribution in [0.4, 0.5) is 0 Å². The highest BCUT2D eigenvalue weighted by molar-refractivity contribution is 4.80. The average molecular weight is 231 g/mol. The highest BCUT2D eigenvalue weighted by Crippen LogP contribution is 2.26. The Kier molecular flexibility index (Phi) is 5.69. The van der Waals surface area contributed by atoms with Crippen molar-refractivity contribution in [2.45, 2.75) is 45.5 Å². The molecule has 1 heterocycles. The Balaban J connectivity index is 2.49. The molecule has 0 saturated carbocycles. The summed E-state index contributed by atoms with van der Waals surface area (Å²) >= 11 is 0. The van der Waals surface area contributed by atoms with Gasteiger partial charge in [-0.2, -0.15) is 0 Å². The number of hydrogen-bond acceptors (Lipinski definition) is 4. The van der Waals surface area contributed by atoms with Crippen molar-refractivity contribution in [2.24, 2.45) is 5.41 Å². The maximum absolute atomic E-state index is 9.37. The van der Waals surface area contributed by atoms with E-state index in [1.807, 2.05) is 20.9 Å². The normalized spacial score (nSPS) is 24.4. The molecule has 1 unspecified atom stereocenters. The molecule has 4 nitrogen and oxygen atoms in total. The van der Waals surface area contributed by atoms with Crippen molar-refractivity contribution >= 4 is 0 Å². The van der Waals surface area contributed by atoms with E-state index in [0.29, 0.717) is 0 Å². The second-order valence-electron chi connectivity index (χ2n) is 5.13. The van der Waals surface area contributed by atoms with E-state index in [9.17, 15) is 5.11 Å². The van der Waals surface area contributed by atoms with E-state index in [2.05, 4.69) is 5.32 Å². The van der Waals surface area contributed by atoms with Crippen molar-refractivity contribution < 1.29 is 14.6 Å². The Morgan fingerprint density at radius 2 is 2.25 bits per heavy atom. The van der Waals surface area contributed by atoms with Crippen LogP contribution >= 0.6 is 0 Å². The van der Waals surface area contributed by atoms with Crippen LogP contribution in [-0.2, 0) is 9.47 Å². The molecular weight excluding hydrogens is 206 g/mol. The predicted octanol–water partition coefficient (Wildman–Crippen LogP) is 1.14. The Morgan fingerprint density at radius 3 is 2.75 bits per heavy atom. The molecule has 1 aliphatic rings. The van der Waals surface area contributed by atoms with Gasteiger partial charge in [0.25, 0.3) is 0 Å². The third-order valence-corrected chi connectivity index (χ3v) is 3.12. The number of nitrogens with one attached hydrogen (secondary N) is 1. The van der Waals surface area contributed by atoms with E-state index >= 15 is 0 Å². The van der Waals surface area contributed by atoms with Gasteiger partial charge >= 0.3 is 0 Å². The molecule has 2 N–H and O–H groups in total. The van der Waals surface area contributed by atoms with E-state index < -0.39 is 0 Å². The van der Waals surface area contributed by atoms with Crippen molar-refractivity contribution in [3.63, 3.8) is 0 Å². The lowest BCUT2D eigenvalue weighted by atomic mass is 9.87. The van der Waals surface area contributed by atoms with Crippen LogP contribution in [0, 0.1) is 5.41 Å². The lowest BCUT2D eigenvalue weighted by Crippen LogP contribution is -2.44. The Hall–Kier alpha value is -0.160. The maximum Gasteiger partial charge on any atom is 0.158 e. The van der Waals surface area contributed by atoms with Gasteiger partial charge in [0.1, 0.15) is 0 Å². The first-order chi connectivity index (χ1) is 7.60. The smallest absolute Gasteiger partial charge is 0.158 e. The summed E-state index contributed by atoms with van der Waals surface area (Å²) in [5.74, 6) is 0. The summed E-state index contributed by atoms with van der Waals surface area (Å²) < 4.78 is 11.5. The van der Waals surface area contributed by atoms with Gasteiger partial charge < -0.3 is 19.9 Å². The average Bonchev–Trinajstić information content (AvgIpc) is 2.30. The zero-order chi connectivity index (χ0) is 12.0. The monoisotopic (exact) mass is 231 g/mol. The summed E-state index contributed by atoms with van der Waals surface area (Å²) in [5.41, 5.74) is -0.246. The molecule has 1 rings (SSSR count). The highest BCUT2D eigenvalue weighted by Gasteiger charge is 2.32. The summed E-state index contributed by atoms with van der Waals surface area (Å²) in [6.45, 7) is 5.66. The van der Waals surface area contributed by atoms with Crippen molar-refractivity contribution in [2.75, 3.05) is 26.8 Å². The molecule has 1 aliphatic heterocycles. The van der Waals surface area contributed by atoms with Gasteiger partial charge in [-0.05, 0) is 26.3 Å². The fraction of sp³-hybridized carbons (Fsp3) is 1.00. The molecule has 0 radical (unpaired) electrons. The minimum absolute atomic E-state index is 0.0226. The lowest BCUT2D eigenvalue weighted by Gasteiger charge is -2.36. The Bertz CT molecular complexity index is 191. The number of aliphatic hydroxyl groups is 1. The topological polar surface area (TPSA) is 50.7 Å². The van der Waals surface area contributed by atoms with Crippen molar-refractivity contribution in [3.8, 4) is 0 Å². The number of hydrogen-bond donors (Lipinski definition) is 2. The highest BCUT2D eigenvalue weighted by atomic mass is 16.7. The fourth-order valence-corrected chi connectivity index (χ4v) is 1.80. The molecule has 16 heavy (non-hydrogen) atoms. The number of aliphatic hydroxyl groups excluding tert-OH is 1. The Labute approximate surface area is 98.3 Å². The second kappa shape index (κ2) is 6.55. The van der Waals surface area contributed by atoms with Crippen LogP contribution < -0.4 is 5.32 Å². The summed E-state index contributed by atoms with van der Waals surface area (Å²) in [7, 11) is 1.89. The molecule has 96 valence electrons. The fourth-order valence-electron chi connectivity index (χ4n) is 1.80. The van der Waals surface area contributed by atoms with Crippen LogP contribution in [0.2, 0.25) is 0 Å². The van der Waals surface area contributed by atoms with Gasteiger partial charge in [-0.3, -0.25) is 0 Å². The maximum atomic E-state index is 9.37. The molecule has 0 aromatic heterocycles. The summed E-state index contributed by atoms with van der Waals surface area (Å²) in [4.78, 5) is 0. The summed E-state index contributed by atoms with van der Waals surface area (Å²) in [6.07, 6.45) is 3.13. The molecule has 1 fully saturated rings. The van der Waals surface area contributed by atoms with Crippen molar-refractivity contribution in [1.82, 2.24) is 5.32 Å². The number of ether oxygens (including phenoxy) is 2. The third kappa shape index (κ3) is 4.01. The molecule has 1 saturated heterocycles. The minimum atomic E-state index is -0.246. The molecule has 4 heteroatoms. The molecule has 0 aliphatic carbocycles. The first-order valence-corrected chi connectivity index (χ1v) is 6.12. The van der Waals surface area contributed by atoms with Gasteiger partial charge in [0.05, 0.1) is 12.7 Å². The van der Waals surface area contributed by atoms with Crippen LogP contribution in [0.5, 0.6) is 0 Å². The van der Waals surface area contributed by atoms with E-state index in [1.165, 1.54) is 0 Å². The zero-order valence-corrected chi connectivity index (χ0v) is 10.7. The molecular formula is C12H25NO3. The molecule has 0 amide bonds. The summed E-state index contributed by atoms with van der Waals surface area (Å²) in [5, 5.41) is 12.5. The second-order valence-corrected chi connectivity index (χ2v) is 5.13. The van der Waals surface area contributed by atoms with Gasteiger partial charge in [0.15, 0.2) is 6.29 Å². The quantitative estimate of drug-likeness (QED) is 0.719. The van der Waals surface area contributed by atoms with Crippen LogP contribution in [0.15, 0.2) is 0 Å². The molecule has 2 atom stereocenters. The SMILES string of the molecule is CNCC(O[C@@H]1CCCCO1)C(C)(C)CO. The number of likely N-dealkylation sites (N-methyl/N-ethyl adjacent to an activating group) is 1. The van der Waals surface area contributed by atoms with Crippen LogP contribution in [0.25, 0.3) is 0 Å². The van der Waals surface area contributed by atoms with Crippen LogP contribution in [-0.4, -0.2) is 44.3 Å². The first-order valence-electron chi connectivity index (χ1n) is 6.12. The van der Waals surface area contributed by atoms with Crippen LogP contribution in [0.3, 0.4) is 0 Å². The van der Waals surface area contributed by atoms with Gasteiger partial charge in [0.2, 0.25) is 0 Å². The van der Waals surface area contributed by atoms with E-state index in [-0.39, 0.29) is 24.4 Å². The van der Waals surface area contributed by atoms with Gasteiger partial charge in [0, 0.05) is 18.6 Å². The first kappa shape index (κ1) is 13.9. The zero-order valence-electron chi connectivity index (χ0n) is 10.7. The molecule has 0 aromatic carbocycles. The van der Waals surface area contributed by atoms with E-state index in [4.69, 9.17) is 9.47 Å². The van der Waals surface area contributed by atoms with Crippen molar-refractivity contribution in [1.29, 1.82) is 0 Å². The van der Waals surface area contributed by atoms with Gasteiger partial charge in [-0.25, -0.2) is 0 Å². The Morgan fingerprint density at radius 1 is 1.50 bits per heavy atom. The summed E-state index contributed by atoms with van der Waals surface area (Å²) in [6, 6.07) is 0. The van der Waals surface area contributed by atoms with Gasteiger partial charge in [-0.15, -0.1) is 0 Å². The third-order valence-electron chi connectivity index (χ3n) is 3.12. The number of rotatable bonds is 6. The van der Waals surface area contributed by atoms with E-state index in [0.717, 1.165) is 32.4 Å². The minimum Gasteiger partial charge on any atom is -0.396 e. The predicted molar refractivity (Wildman–Crippen MR) is 63.3 cm³/mol. The largest absolute Gasteiger partial charge is 0.396 e. The molecule has 0 bridgehead atoms. The van der Waals surface area contributed by atoms with E-state index in [1.54, 1.807) is 0 Å². The lowest BCUT2D eigenvalue weighted by molar-refractivity contribution is -0.211.